The lowest BCUT2D eigenvalue weighted by molar-refractivity contribution is -0.132. The van der Waals surface area contributed by atoms with Gasteiger partial charge >= 0.3 is 0 Å². The van der Waals surface area contributed by atoms with E-state index in [0.29, 0.717) is 25.9 Å². The third-order valence-electron chi connectivity index (χ3n) is 2.83. The maximum absolute atomic E-state index is 12.1. The Morgan fingerprint density at radius 3 is 2.65 bits per heavy atom. The van der Waals surface area contributed by atoms with Gasteiger partial charge in [-0.1, -0.05) is 0 Å². The summed E-state index contributed by atoms with van der Waals surface area (Å²) in [7, 11) is 1.73. The average molecular weight is 278 g/mol. The van der Waals surface area contributed by atoms with E-state index in [0.717, 1.165) is 5.56 Å². The molecule has 1 rings (SSSR count). The molecule has 0 aromatic carbocycles. The van der Waals surface area contributed by atoms with Crippen LogP contribution in [0.25, 0.3) is 0 Å². The number of hydrogen-bond acceptors (Lipinski definition) is 4. The van der Waals surface area contributed by atoms with Crippen molar-refractivity contribution in [3.63, 3.8) is 0 Å². The minimum absolute atomic E-state index is 0.0553. The van der Waals surface area contributed by atoms with E-state index in [1.807, 2.05) is 12.1 Å². The lowest BCUT2D eigenvalue weighted by Crippen LogP contribution is -2.41. The largest absolute Gasteiger partial charge is 0.370 e. The first-order valence-corrected chi connectivity index (χ1v) is 6.45. The Hall–Kier alpha value is -2.15. The van der Waals surface area contributed by atoms with Crippen molar-refractivity contribution in [1.82, 2.24) is 9.88 Å². The second-order valence-electron chi connectivity index (χ2n) is 4.61. The molecule has 0 spiro atoms. The maximum Gasteiger partial charge on any atom is 0.239 e. The molecular weight excluding hydrogens is 256 g/mol. The Morgan fingerprint density at radius 1 is 1.40 bits per heavy atom. The zero-order valence-electron chi connectivity index (χ0n) is 11.7. The van der Waals surface area contributed by atoms with Gasteiger partial charge < -0.3 is 22.1 Å². The first-order chi connectivity index (χ1) is 9.50. The lowest BCUT2D eigenvalue weighted by Gasteiger charge is -2.21. The van der Waals surface area contributed by atoms with Crippen LogP contribution >= 0.6 is 0 Å². The van der Waals surface area contributed by atoms with Crippen molar-refractivity contribution in [2.45, 2.75) is 25.4 Å². The molecule has 0 aliphatic heterocycles. The topological polar surface area (TPSA) is 124 Å². The predicted molar refractivity (Wildman–Crippen MR) is 78.6 cm³/mol. The van der Waals surface area contributed by atoms with Gasteiger partial charge in [-0.2, -0.15) is 0 Å². The monoisotopic (exact) mass is 278 g/mol. The zero-order valence-corrected chi connectivity index (χ0v) is 11.7. The predicted octanol–water partition coefficient (Wildman–Crippen LogP) is -0.579. The normalized spacial score (nSPS) is 11.7. The average Bonchev–Trinajstić information content (AvgIpc) is 2.43. The Bertz CT molecular complexity index is 443. The molecule has 0 radical (unpaired) electrons. The summed E-state index contributed by atoms with van der Waals surface area (Å²) in [5.41, 5.74) is 17.3. The molecule has 1 amide bonds. The molecule has 1 atom stereocenters. The van der Waals surface area contributed by atoms with Crippen molar-refractivity contribution in [3.05, 3.63) is 30.1 Å². The SMILES string of the molecule is CN(Cc1ccncc1)C(=O)[C@@H](N)CCCN=C(N)N. The molecule has 7 nitrogen and oxygen atoms in total. The number of hydrogen-bond donors (Lipinski definition) is 3. The number of nitrogens with two attached hydrogens (primary N) is 3. The van der Waals surface area contributed by atoms with Gasteiger partial charge in [-0.05, 0) is 30.5 Å². The van der Waals surface area contributed by atoms with Gasteiger partial charge in [0.2, 0.25) is 5.91 Å². The summed E-state index contributed by atoms with van der Waals surface area (Å²) in [4.78, 5) is 21.5. The molecule has 7 heteroatoms. The molecule has 0 saturated heterocycles. The van der Waals surface area contributed by atoms with Crippen LogP contribution < -0.4 is 17.2 Å². The van der Waals surface area contributed by atoms with Crippen molar-refractivity contribution in [2.75, 3.05) is 13.6 Å². The summed E-state index contributed by atoms with van der Waals surface area (Å²) in [6.45, 7) is 1.00. The smallest absolute Gasteiger partial charge is 0.239 e. The second-order valence-corrected chi connectivity index (χ2v) is 4.61. The van der Waals surface area contributed by atoms with Crippen LogP contribution in [-0.4, -0.2) is 41.4 Å². The minimum atomic E-state index is -0.531. The van der Waals surface area contributed by atoms with Crippen molar-refractivity contribution >= 4 is 11.9 Å². The van der Waals surface area contributed by atoms with Crippen LogP contribution in [0.5, 0.6) is 0 Å². The number of nitrogens with zero attached hydrogens (tertiary/aromatic N) is 3. The Morgan fingerprint density at radius 2 is 2.05 bits per heavy atom. The summed E-state index contributed by atoms with van der Waals surface area (Å²) >= 11 is 0. The van der Waals surface area contributed by atoms with E-state index in [-0.39, 0.29) is 11.9 Å². The van der Waals surface area contributed by atoms with E-state index in [2.05, 4.69) is 9.98 Å². The number of aliphatic imine (C=N–C) groups is 1. The third-order valence-corrected chi connectivity index (χ3v) is 2.83. The van der Waals surface area contributed by atoms with Crippen molar-refractivity contribution in [1.29, 1.82) is 0 Å². The fraction of sp³-hybridized carbons (Fsp3) is 0.462. The van der Waals surface area contributed by atoms with Crippen LogP contribution in [0, 0.1) is 0 Å². The van der Waals surface area contributed by atoms with Gasteiger partial charge in [0.05, 0.1) is 6.04 Å². The van der Waals surface area contributed by atoms with Crippen LogP contribution in [0.2, 0.25) is 0 Å². The molecule has 0 saturated carbocycles. The van der Waals surface area contributed by atoms with Gasteiger partial charge in [0.15, 0.2) is 5.96 Å². The highest BCUT2D eigenvalue weighted by atomic mass is 16.2. The molecule has 0 aliphatic carbocycles. The van der Waals surface area contributed by atoms with Crippen molar-refractivity contribution < 1.29 is 4.79 Å². The van der Waals surface area contributed by atoms with Crippen LogP contribution in [0.15, 0.2) is 29.5 Å². The van der Waals surface area contributed by atoms with E-state index < -0.39 is 6.04 Å². The molecule has 0 bridgehead atoms. The number of rotatable bonds is 7. The Labute approximate surface area is 118 Å². The molecule has 0 fully saturated rings. The van der Waals surface area contributed by atoms with Crippen molar-refractivity contribution in [3.8, 4) is 0 Å². The molecule has 6 N–H and O–H groups in total. The van der Waals surface area contributed by atoms with Gasteiger partial charge in [0, 0.05) is 32.5 Å². The van der Waals surface area contributed by atoms with Gasteiger partial charge in [-0.25, -0.2) is 0 Å². The van der Waals surface area contributed by atoms with Crippen molar-refractivity contribution in [2.24, 2.45) is 22.2 Å². The van der Waals surface area contributed by atoms with Gasteiger partial charge in [0.1, 0.15) is 0 Å². The molecule has 0 aliphatic rings. The highest BCUT2D eigenvalue weighted by Crippen LogP contribution is 2.05. The molecule has 110 valence electrons. The summed E-state index contributed by atoms with van der Waals surface area (Å²) in [6.07, 6.45) is 4.62. The van der Waals surface area contributed by atoms with E-state index >= 15 is 0 Å². The molecular formula is C13H22N6O. The minimum Gasteiger partial charge on any atom is -0.370 e. The van der Waals surface area contributed by atoms with Crippen LogP contribution in [0.1, 0.15) is 18.4 Å². The van der Waals surface area contributed by atoms with Gasteiger partial charge in [-0.15, -0.1) is 0 Å². The van der Waals surface area contributed by atoms with E-state index in [4.69, 9.17) is 17.2 Å². The van der Waals surface area contributed by atoms with Gasteiger partial charge in [-0.3, -0.25) is 14.8 Å². The standard InChI is InChI=1S/C13H22N6O/c1-19(9-10-4-7-17-8-5-10)12(20)11(14)3-2-6-18-13(15)16/h4-5,7-8,11H,2-3,6,9,14H2,1H3,(H4,15,16,18)/t11-/m0/s1. The van der Waals surface area contributed by atoms with Crippen LogP contribution in [-0.2, 0) is 11.3 Å². The maximum atomic E-state index is 12.1. The van der Waals surface area contributed by atoms with E-state index in [9.17, 15) is 4.79 Å². The summed E-state index contributed by atoms with van der Waals surface area (Å²) in [5.74, 6) is -0.0359. The molecule has 0 unspecified atom stereocenters. The van der Waals surface area contributed by atoms with E-state index in [1.165, 1.54) is 0 Å². The lowest BCUT2D eigenvalue weighted by atomic mass is 10.1. The van der Waals surface area contributed by atoms with Gasteiger partial charge in [0.25, 0.3) is 0 Å². The summed E-state index contributed by atoms with van der Waals surface area (Å²) < 4.78 is 0. The number of likely N-dealkylation sites (N-methyl/N-ethyl adjacent to an activating group) is 1. The fourth-order valence-electron chi connectivity index (χ4n) is 1.77. The molecule has 1 aromatic rings. The number of guanidine groups is 1. The van der Waals surface area contributed by atoms with Crippen LogP contribution in [0.3, 0.4) is 0 Å². The Kier molecular flexibility index (Phi) is 6.45. The number of aromatic nitrogens is 1. The highest BCUT2D eigenvalue weighted by molar-refractivity contribution is 5.81. The fourth-order valence-corrected chi connectivity index (χ4v) is 1.77. The third kappa shape index (κ3) is 5.66. The number of pyridine rings is 1. The Balaban J connectivity index is 2.38. The zero-order chi connectivity index (χ0) is 15.0. The van der Waals surface area contributed by atoms with Crippen LogP contribution in [0.4, 0.5) is 0 Å². The summed E-state index contributed by atoms with van der Waals surface area (Å²) in [6, 6.07) is 3.21. The quantitative estimate of drug-likeness (QED) is 0.350. The molecule has 20 heavy (non-hydrogen) atoms. The first kappa shape index (κ1) is 15.9. The first-order valence-electron chi connectivity index (χ1n) is 6.45. The number of carbonyl (C=O) groups excluding carboxylic acids is 1. The molecule has 1 aromatic heterocycles. The number of carbonyl (C=O) groups is 1. The molecule has 1 heterocycles. The highest BCUT2D eigenvalue weighted by Gasteiger charge is 2.17. The summed E-state index contributed by atoms with van der Waals surface area (Å²) in [5, 5.41) is 0. The number of amides is 1. The second kappa shape index (κ2) is 8.11. The van der Waals surface area contributed by atoms with E-state index in [1.54, 1.807) is 24.3 Å².